The summed E-state index contributed by atoms with van der Waals surface area (Å²) >= 11 is 0. The molecule has 0 aliphatic carbocycles. The average molecular weight is 592 g/mol. The first-order chi connectivity index (χ1) is 19.8. The van der Waals surface area contributed by atoms with Gasteiger partial charge in [0.1, 0.15) is 24.7 Å². The molecule has 42 heavy (non-hydrogen) atoms. The molecule has 1 aliphatic rings. The summed E-state index contributed by atoms with van der Waals surface area (Å²) in [4.78, 5) is 38.2. The van der Waals surface area contributed by atoms with Crippen molar-refractivity contribution in [2.75, 3.05) is 0 Å². The maximum absolute atomic E-state index is 13.1. The zero-order valence-electron chi connectivity index (χ0n) is 23.1. The second-order valence-electron chi connectivity index (χ2n) is 10.1. The fraction of sp³-hybridized carbons (Fsp3) is 0.379. The van der Waals surface area contributed by atoms with Gasteiger partial charge in [0.05, 0.1) is 23.3 Å². The molecule has 1 saturated heterocycles. The number of nitrogens with zero attached hydrogens (tertiary/aromatic N) is 1. The van der Waals surface area contributed by atoms with Crippen LogP contribution in [0, 0.1) is 6.92 Å². The van der Waals surface area contributed by atoms with Crippen molar-refractivity contribution in [1.29, 1.82) is 0 Å². The third-order valence-electron chi connectivity index (χ3n) is 6.68. The lowest BCUT2D eigenvalue weighted by Gasteiger charge is -2.45. The van der Waals surface area contributed by atoms with Crippen LogP contribution >= 0.6 is 0 Å². The fourth-order valence-corrected chi connectivity index (χ4v) is 5.00. The van der Waals surface area contributed by atoms with E-state index in [1.807, 2.05) is 51.1 Å². The van der Waals surface area contributed by atoms with E-state index >= 15 is 0 Å². The van der Waals surface area contributed by atoms with Gasteiger partial charge in [-0.1, -0.05) is 18.2 Å². The molecule has 0 unspecified atom stereocenters. The van der Waals surface area contributed by atoms with E-state index in [2.05, 4.69) is 15.8 Å². The van der Waals surface area contributed by atoms with Gasteiger partial charge < -0.3 is 29.9 Å². The minimum Gasteiger partial charge on any atom is -0.489 e. The molecule has 1 aliphatic heterocycles. The number of carboxylic acids is 1. The Morgan fingerprint density at radius 1 is 1.14 bits per heavy atom. The summed E-state index contributed by atoms with van der Waals surface area (Å²) in [5.41, 5.74) is 4.40. The standard InChI is InChI=1S/C27H31N3O5.C2HF3O2/c1-17-12-21(23-6-4-5-7-24(23)28-17)16-34-22-10-8-20(9-11-22)26(32)29-27(25(15-31)30-33)13-18(2)35-19(3)14-27;3-2(4,5)1(6)7/h4-12,15,18-19,25,30,33H,13-14,16H2,1-3H3,(H,29,32);(H,6,7)/t18-,19+,25-,27-;/m1./s1. The molecule has 0 saturated carbocycles. The van der Waals surface area contributed by atoms with E-state index in [0.29, 0.717) is 37.0 Å². The Morgan fingerprint density at radius 2 is 1.74 bits per heavy atom. The number of hydroxylamine groups is 1. The van der Waals surface area contributed by atoms with Crippen LogP contribution in [0.5, 0.6) is 5.75 Å². The zero-order valence-corrected chi connectivity index (χ0v) is 23.1. The van der Waals surface area contributed by atoms with Crippen LogP contribution in [0.25, 0.3) is 10.9 Å². The number of fused-ring (bicyclic) bond motifs is 1. The quantitative estimate of drug-likeness (QED) is 0.222. The van der Waals surface area contributed by atoms with E-state index in [1.165, 1.54) is 0 Å². The van der Waals surface area contributed by atoms with Gasteiger partial charge in [-0.25, -0.2) is 4.79 Å². The highest BCUT2D eigenvalue weighted by atomic mass is 19.4. The molecule has 1 amide bonds. The topological polar surface area (TPSA) is 147 Å². The van der Waals surface area contributed by atoms with Crippen molar-refractivity contribution in [2.24, 2.45) is 0 Å². The number of rotatable bonds is 8. The first-order valence-corrected chi connectivity index (χ1v) is 13.0. The summed E-state index contributed by atoms with van der Waals surface area (Å²) in [6.07, 6.45) is -4.05. The smallest absolute Gasteiger partial charge is 0.489 e. The van der Waals surface area contributed by atoms with Gasteiger partial charge in [0.2, 0.25) is 0 Å². The Bertz CT molecular complexity index is 1390. The number of carbonyl (C=O) groups excluding carboxylic acids is 2. The Hall–Kier alpha value is -4.07. The van der Waals surface area contributed by atoms with Gasteiger partial charge in [0.25, 0.3) is 5.91 Å². The van der Waals surface area contributed by atoms with E-state index < -0.39 is 23.7 Å². The van der Waals surface area contributed by atoms with Crippen LogP contribution in [-0.2, 0) is 20.9 Å². The SMILES string of the molecule is Cc1cc(COc2ccc(C(=O)N[C@]3([C@@H](C=O)NO)C[C@@H](C)O[C@@H](C)C3)cc2)c2ccccc2n1.O=C(O)C(F)(F)F. The van der Waals surface area contributed by atoms with Gasteiger partial charge in [0.15, 0.2) is 0 Å². The first-order valence-electron chi connectivity index (χ1n) is 13.0. The van der Waals surface area contributed by atoms with E-state index in [9.17, 15) is 28.0 Å². The zero-order chi connectivity index (χ0) is 31.1. The lowest BCUT2D eigenvalue weighted by atomic mass is 9.78. The van der Waals surface area contributed by atoms with Crippen LogP contribution < -0.4 is 15.5 Å². The van der Waals surface area contributed by atoms with Gasteiger partial charge in [-0.3, -0.25) is 9.78 Å². The summed E-state index contributed by atoms with van der Waals surface area (Å²) in [7, 11) is 0. The highest BCUT2D eigenvalue weighted by Crippen LogP contribution is 2.32. The van der Waals surface area contributed by atoms with Crippen molar-refractivity contribution >= 4 is 29.1 Å². The number of benzene rings is 2. The van der Waals surface area contributed by atoms with Gasteiger partial charge in [-0.05, 0) is 70.0 Å². The highest BCUT2D eigenvalue weighted by Gasteiger charge is 2.46. The van der Waals surface area contributed by atoms with E-state index in [-0.39, 0.29) is 18.1 Å². The molecule has 0 spiro atoms. The number of aromatic nitrogens is 1. The van der Waals surface area contributed by atoms with Crippen molar-refractivity contribution in [3.63, 3.8) is 0 Å². The minimum atomic E-state index is -5.08. The normalized spacial score (nSPS) is 21.0. The number of carbonyl (C=O) groups is 3. The lowest BCUT2D eigenvalue weighted by Crippen LogP contribution is -2.66. The van der Waals surface area contributed by atoms with Crippen LogP contribution in [0.15, 0.2) is 54.6 Å². The third kappa shape index (κ3) is 8.24. The number of halogens is 3. The number of aryl methyl sites for hydroxylation is 1. The van der Waals surface area contributed by atoms with E-state index in [0.717, 1.165) is 22.2 Å². The Balaban J connectivity index is 0.000000616. The summed E-state index contributed by atoms with van der Waals surface area (Å²) in [6.45, 7) is 6.10. The van der Waals surface area contributed by atoms with Crippen molar-refractivity contribution in [2.45, 2.75) is 70.2 Å². The van der Waals surface area contributed by atoms with Crippen molar-refractivity contribution in [1.82, 2.24) is 15.8 Å². The highest BCUT2D eigenvalue weighted by molar-refractivity contribution is 5.95. The summed E-state index contributed by atoms with van der Waals surface area (Å²) in [5, 5.41) is 20.7. The molecule has 0 radical (unpaired) electrons. The lowest BCUT2D eigenvalue weighted by molar-refractivity contribution is -0.192. The van der Waals surface area contributed by atoms with Crippen LogP contribution in [0.4, 0.5) is 13.2 Å². The molecular weight excluding hydrogens is 559 g/mol. The number of hydrogen-bond donors (Lipinski definition) is 4. The van der Waals surface area contributed by atoms with Gasteiger partial charge >= 0.3 is 12.1 Å². The largest absolute Gasteiger partial charge is 0.490 e. The number of carboxylic acid groups (broad SMARTS) is 1. The molecule has 4 N–H and O–H groups in total. The molecule has 13 heteroatoms. The number of para-hydroxylation sites is 1. The summed E-state index contributed by atoms with van der Waals surface area (Å²) < 4.78 is 43.5. The molecule has 2 heterocycles. The first kappa shape index (κ1) is 32.4. The number of aliphatic carboxylic acids is 1. The number of aldehydes is 1. The Morgan fingerprint density at radius 3 is 2.29 bits per heavy atom. The molecule has 10 nitrogen and oxygen atoms in total. The number of pyridine rings is 1. The number of nitrogens with one attached hydrogen (secondary N) is 2. The molecule has 3 aromatic rings. The maximum Gasteiger partial charge on any atom is 0.490 e. The van der Waals surface area contributed by atoms with Gasteiger partial charge in [0, 0.05) is 22.2 Å². The molecule has 1 aromatic heterocycles. The minimum absolute atomic E-state index is 0.182. The van der Waals surface area contributed by atoms with E-state index in [4.69, 9.17) is 19.4 Å². The predicted octanol–water partition coefficient (Wildman–Crippen LogP) is 4.36. The van der Waals surface area contributed by atoms with Crippen molar-refractivity contribution < 1.29 is 47.3 Å². The van der Waals surface area contributed by atoms with Crippen molar-refractivity contribution in [3.05, 3.63) is 71.4 Å². The Labute approximate surface area is 239 Å². The monoisotopic (exact) mass is 591 g/mol. The van der Waals surface area contributed by atoms with E-state index in [1.54, 1.807) is 24.3 Å². The molecule has 1 fully saturated rings. The predicted molar refractivity (Wildman–Crippen MR) is 145 cm³/mol. The maximum atomic E-state index is 13.1. The Kier molecular flexibility index (Phi) is 10.6. The number of hydrogen-bond acceptors (Lipinski definition) is 8. The van der Waals surface area contributed by atoms with Crippen LogP contribution in [0.1, 0.15) is 48.3 Å². The third-order valence-corrected chi connectivity index (χ3v) is 6.68. The molecule has 4 rings (SSSR count). The molecule has 0 bridgehead atoms. The second-order valence-corrected chi connectivity index (χ2v) is 10.1. The van der Waals surface area contributed by atoms with Crippen LogP contribution in [0.2, 0.25) is 0 Å². The van der Waals surface area contributed by atoms with Crippen LogP contribution in [0.3, 0.4) is 0 Å². The molecular formula is C29H32F3N3O7. The van der Waals surface area contributed by atoms with Crippen LogP contribution in [-0.4, -0.2) is 63.4 Å². The summed E-state index contributed by atoms with van der Waals surface area (Å²) in [5.74, 6) is -2.46. The summed E-state index contributed by atoms with van der Waals surface area (Å²) in [6, 6.07) is 15.9. The number of alkyl halides is 3. The van der Waals surface area contributed by atoms with Crippen molar-refractivity contribution in [3.8, 4) is 5.75 Å². The molecule has 226 valence electrons. The van der Waals surface area contributed by atoms with Gasteiger partial charge in [-0.15, -0.1) is 0 Å². The molecule has 2 aromatic carbocycles. The molecule has 4 atom stereocenters. The number of ether oxygens (including phenoxy) is 2. The fourth-order valence-electron chi connectivity index (χ4n) is 5.00. The second kappa shape index (κ2) is 13.7. The van der Waals surface area contributed by atoms with Gasteiger partial charge in [-0.2, -0.15) is 18.7 Å². The number of amides is 1. The average Bonchev–Trinajstić information content (AvgIpc) is 2.91.